The average Bonchev–Trinajstić information content (AvgIpc) is 2.60. The highest BCUT2D eigenvalue weighted by atomic mass is 79.9. The molecule has 1 heterocycles. The third-order valence-electron chi connectivity index (χ3n) is 2.13. The number of nitrogens with zero attached hydrogens (tertiary/aromatic N) is 1. The quantitative estimate of drug-likeness (QED) is 0.753. The van der Waals surface area contributed by atoms with Gasteiger partial charge in [0.05, 0.1) is 0 Å². The summed E-state index contributed by atoms with van der Waals surface area (Å²) in [5.74, 6) is 0.970. The summed E-state index contributed by atoms with van der Waals surface area (Å²) in [6, 6.07) is 6.14. The van der Waals surface area contributed by atoms with Crippen LogP contribution in [0.4, 0.5) is 0 Å². The van der Waals surface area contributed by atoms with Crippen molar-refractivity contribution in [2.75, 3.05) is 0 Å². The highest BCUT2D eigenvalue weighted by molar-refractivity contribution is 9.08. The van der Waals surface area contributed by atoms with Gasteiger partial charge in [-0.05, 0) is 11.6 Å². The van der Waals surface area contributed by atoms with E-state index in [1.54, 1.807) is 0 Å². The molecule has 2 nitrogen and oxygen atoms in total. The van der Waals surface area contributed by atoms with Crippen LogP contribution in [0.2, 0.25) is 0 Å². The molecule has 0 saturated carbocycles. The first kappa shape index (κ1) is 8.75. The van der Waals surface area contributed by atoms with Crippen molar-refractivity contribution in [3.8, 4) is 0 Å². The zero-order valence-electron chi connectivity index (χ0n) is 7.38. The molecule has 13 heavy (non-hydrogen) atoms. The summed E-state index contributed by atoms with van der Waals surface area (Å²) < 4.78 is 5.24. The Morgan fingerprint density at radius 2 is 2.31 bits per heavy atom. The van der Waals surface area contributed by atoms with Crippen molar-refractivity contribution < 1.29 is 4.52 Å². The van der Waals surface area contributed by atoms with Crippen molar-refractivity contribution in [1.82, 2.24) is 5.16 Å². The zero-order chi connectivity index (χ0) is 9.26. The van der Waals surface area contributed by atoms with Crippen LogP contribution >= 0.6 is 15.9 Å². The first-order valence-corrected chi connectivity index (χ1v) is 5.41. The first-order chi connectivity index (χ1) is 6.36. The largest absolute Gasteiger partial charge is 0.360 e. The van der Waals surface area contributed by atoms with Crippen molar-refractivity contribution in [3.63, 3.8) is 0 Å². The molecule has 68 valence electrons. The van der Waals surface area contributed by atoms with Gasteiger partial charge >= 0.3 is 0 Å². The van der Waals surface area contributed by atoms with Gasteiger partial charge in [-0.15, -0.1) is 0 Å². The Hall–Kier alpha value is -0.830. The van der Waals surface area contributed by atoms with Crippen LogP contribution < -0.4 is 0 Å². The minimum absolute atomic E-state index is 0.819. The number of aryl methyl sites for hydroxylation is 1. The Labute approximate surface area is 85.0 Å². The van der Waals surface area contributed by atoms with Crippen LogP contribution in [0.5, 0.6) is 0 Å². The van der Waals surface area contributed by atoms with Crippen molar-refractivity contribution in [3.05, 3.63) is 29.5 Å². The molecule has 0 radical (unpaired) electrons. The van der Waals surface area contributed by atoms with Crippen LogP contribution in [0, 0.1) is 0 Å². The lowest BCUT2D eigenvalue weighted by Gasteiger charge is -1.94. The van der Waals surface area contributed by atoms with E-state index in [1.165, 1.54) is 5.56 Å². The second kappa shape index (κ2) is 3.50. The predicted molar refractivity (Wildman–Crippen MR) is 56.0 cm³/mol. The van der Waals surface area contributed by atoms with Gasteiger partial charge in [0, 0.05) is 17.1 Å². The molecule has 1 aromatic heterocycles. The molecule has 2 aromatic rings. The fraction of sp³-hybridized carbons (Fsp3) is 0.300. The first-order valence-electron chi connectivity index (χ1n) is 4.29. The van der Waals surface area contributed by atoms with E-state index in [0.29, 0.717) is 0 Å². The maximum Gasteiger partial charge on any atom is 0.144 e. The van der Waals surface area contributed by atoms with Gasteiger partial charge in [0.2, 0.25) is 0 Å². The monoisotopic (exact) mass is 239 g/mol. The SMILES string of the molecule is CCc1onc2c(CBr)cccc12. The Balaban J connectivity index is 2.72. The molecule has 0 aliphatic rings. The lowest BCUT2D eigenvalue weighted by molar-refractivity contribution is 0.394. The molecule has 0 N–H and O–H groups in total. The van der Waals surface area contributed by atoms with E-state index >= 15 is 0 Å². The summed E-state index contributed by atoms with van der Waals surface area (Å²) in [6.07, 6.45) is 0.891. The van der Waals surface area contributed by atoms with Crippen molar-refractivity contribution >= 4 is 26.8 Å². The molecular formula is C10H10BrNO. The second-order valence-corrected chi connectivity index (χ2v) is 3.47. The molecule has 0 aliphatic carbocycles. The van der Waals surface area contributed by atoms with Crippen LogP contribution in [-0.4, -0.2) is 5.16 Å². The molecule has 0 spiro atoms. The lowest BCUT2D eigenvalue weighted by Crippen LogP contribution is -1.80. The Kier molecular flexibility index (Phi) is 2.36. The third-order valence-corrected chi connectivity index (χ3v) is 2.74. The normalized spacial score (nSPS) is 10.9. The number of halogens is 1. The number of fused-ring (bicyclic) bond motifs is 1. The van der Waals surface area contributed by atoms with Gasteiger partial charge in [0.25, 0.3) is 0 Å². The molecule has 0 aliphatic heterocycles. The van der Waals surface area contributed by atoms with Crippen molar-refractivity contribution in [2.24, 2.45) is 0 Å². The highest BCUT2D eigenvalue weighted by Crippen LogP contribution is 2.23. The van der Waals surface area contributed by atoms with E-state index in [-0.39, 0.29) is 0 Å². The van der Waals surface area contributed by atoms with Gasteiger partial charge in [0.15, 0.2) is 0 Å². The second-order valence-electron chi connectivity index (χ2n) is 2.91. The minimum atomic E-state index is 0.819. The van der Waals surface area contributed by atoms with Crippen molar-refractivity contribution in [2.45, 2.75) is 18.7 Å². The summed E-state index contributed by atoms with van der Waals surface area (Å²) >= 11 is 3.43. The summed E-state index contributed by atoms with van der Waals surface area (Å²) in [4.78, 5) is 0. The van der Waals surface area contributed by atoms with Gasteiger partial charge in [-0.3, -0.25) is 0 Å². The van der Waals surface area contributed by atoms with Gasteiger partial charge in [-0.2, -0.15) is 0 Å². The van der Waals surface area contributed by atoms with E-state index in [0.717, 1.165) is 28.4 Å². The summed E-state index contributed by atoms with van der Waals surface area (Å²) in [5, 5.41) is 6.01. The lowest BCUT2D eigenvalue weighted by atomic mass is 10.1. The smallest absolute Gasteiger partial charge is 0.144 e. The molecule has 2 rings (SSSR count). The molecule has 0 unspecified atom stereocenters. The average molecular weight is 240 g/mol. The highest BCUT2D eigenvalue weighted by Gasteiger charge is 2.08. The van der Waals surface area contributed by atoms with E-state index in [2.05, 4.69) is 40.1 Å². The number of hydrogen-bond acceptors (Lipinski definition) is 2. The molecule has 0 saturated heterocycles. The summed E-state index contributed by atoms with van der Waals surface area (Å²) in [7, 11) is 0. The molecule has 1 aromatic carbocycles. The van der Waals surface area contributed by atoms with Gasteiger partial charge in [-0.25, -0.2) is 0 Å². The number of hydrogen-bond donors (Lipinski definition) is 0. The Morgan fingerprint density at radius 1 is 1.46 bits per heavy atom. The van der Waals surface area contributed by atoms with E-state index < -0.39 is 0 Å². The molecular weight excluding hydrogens is 230 g/mol. The van der Waals surface area contributed by atoms with Gasteiger partial charge < -0.3 is 4.52 Å². The predicted octanol–water partition coefficient (Wildman–Crippen LogP) is 3.29. The zero-order valence-corrected chi connectivity index (χ0v) is 8.97. The van der Waals surface area contributed by atoms with Crippen LogP contribution in [0.1, 0.15) is 18.2 Å². The fourth-order valence-corrected chi connectivity index (χ4v) is 1.89. The third kappa shape index (κ3) is 1.37. The molecule has 3 heteroatoms. The number of aromatic nitrogens is 1. The Morgan fingerprint density at radius 3 is 3.00 bits per heavy atom. The van der Waals surface area contributed by atoms with E-state index in [4.69, 9.17) is 4.52 Å². The molecule has 0 atom stereocenters. The fourth-order valence-electron chi connectivity index (χ4n) is 1.44. The van der Waals surface area contributed by atoms with Crippen molar-refractivity contribution in [1.29, 1.82) is 0 Å². The van der Waals surface area contributed by atoms with Crippen LogP contribution in [-0.2, 0) is 11.8 Å². The van der Waals surface area contributed by atoms with Gasteiger partial charge in [0.1, 0.15) is 11.3 Å². The topological polar surface area (TPSA) is 26.0 Å². The summed E-state index contributed by atoms with van der Waals surface area (Å²) in [5.41, 5.74) is 2.16. The number of rotatable bonds is 2. The molecule has 0 amide bonds. The summed E-state index contributed by atoms with van der Waals surface area (Å²) in [6.45, 7) is 2.07. The van der Waals surface area contributed by atoms with E-state index in [9.17, 15) is 0 Å². The van der Waals surface area contributed by atoms with Crippen LogP contribution in [0.25, 0.3) is 10.9 Å². The maximum atomic E-state index is 5.24. The maximum absolute atomic E-state index is 5.24. The van der Waals surface area contributed by atoms with Gasteiger partial charge in [-0.1, -0.05) is 40.1 Å². The van der Waals surface area contributed by atoms with Crippen LogP contribution in [0.15, 0.2) is 22.7 Å². The molecule has 0 bridgehead atoms. The number of benzene rings is 1. The van der Waals surface area contributed by atoms with E-state index in [1.807, 2.05) is 6.07 Å². The standard InChI is InChI=1S/C10H10BrNO/c1-2-9-8-5-3-4-7(6-11)10(8)12-13-9/h3-5H,2,6H2,1H3. The Bertz CT molecular complexity index is 422. The number of alkyl halides is 1. The molecule has 0 fully saturated rings. The van der Waals surface area contributed by atoms with Crippen LogP contribution in [0.3, 0.4) is 0 Å². The minimum Gasteiger partial charge on any atom is -0.360 e.